The molecular formula is C19H18N2O2S. The fraction of sp³-hybridized carbons (Fsp3) is 0.158. The van der Waals surface area contributed by atoms with Gasteiger partial charge in [0, 0.05) is 34.3 Å². The first-order valence-corrected chi connectivity index (χ1v) is 8.46. The molecule has 24 heavy (non-hydrogen) atoms. The van der Waals surface area contributed by atoms with Gasteiger partial charge in [-0.2, -0.15) is 0 Å². The van der Waals surface area contributed by atoms with Crippen LogP contribution in [-0.2, 0) is 13.1 Å². The van der Waals surface area contributed by atoms with E-state index in [0.29, 0.717) is 18.7 Å². The van der Waals surface area contributed by atoms with Crippen molar-refractivity contribution in [3.63, 3.8) is 0 Å². The lowest BCUT2D eigenvalue weighted by molar-refractivity contribution is 0.0731. The molecule has 0 aliphatic rings. The van der Waals surface area contributed by atoms with Crippen molar-refractivity contribution in [3.05, 3.63) is 81.8 Å². The number of benzene rings is 1. The zero-order valence-corrected chi connectivity index (χ0v) is 14.2. The minimum atomic E-state index is -0.103. The van der Waals surface area contributed by atoms with Crippen LogP contribution in [0.4, 0.5) is 0 Å². The molecule has 122 valence electrons. The molecule has 0 atom stereocenters. The topological polar surface area (TPSA) is 53.4 Å². The summed E-state index contributed by atoms with van der Waals surface area (Å²) in [6.07, 6.45) is 3.45. The van der Waals surface area contributed by atoms with Crippen LogP contribution in [0.25, 0.3) is 0 Å². The number of nitrogens with zero attached hydrogens (tertiary/aromatic N) is 2. The molecule has 0 radical (unpaired) electrons. The second-order valence-corrected chi connectivity index (χ2v) is 6.95. The molecule has 0 fully saturated rings. The minimum absolute atomic E-state index is 0.0941. The second kappa shape index (κ2) is 7.27. The van der Waals surface area contributed by atoms with E-state index in [1.54, 1.807) is 46.8 Å². The van der Waals surface area contributed by atoms with Crippen LogP contribution < -0.4 is 0 Å². The number of aryl methyl sites for hydroxylation is 1. The normalized spacial score (nSPS) is 10.5. The smallest absolute Gasteiger partial charge is 0.254 e. The number of pyridine rings is 1. The molecule has 5 heteroatoms. The molecule has 0 aliphatic carbocycles. The Labute approximate surface area is 145 Å². The Morgan fingerprint density at radius 2 is 1.92 bits per heavy atom. The van der Waals surface area contributed by atoms with Crippen molar-refractivity contribution in [1.29, 1.82) is 0 Å². The van der Waals surface area contributed by atoms with Crippen LogP contribution in [0.3, 0.4) is 0 Å². The number of hydrogen-bond acceptors (Lipinski definition) is 4. The Kier molecular flexibility index (Phi) is 4.91. The summed E-state index contributed by atoms with van der Waals surface area (Å²) >= 11 is 1.69. The maximum Gasteiger partial charge on any atom is 0.254 e. The third-order valence-corrected chi connectivity index (χ3v) is 4.63. The Bertz CT molecular complexity index is 830. The average Bonchev–Trinajstić information content (AvgIpc) is 2.99. The van der Waals surface area contributed by atoms with E-state index in [2.05, 4.69) is 24.0 Å². The number of phenolic OH excluding ortho intramolecular Hbond substituents is 1. The van der Waals surface area contributed by atoms with Crippen LogP contribution in [0.5, 0.6) is 5.75 Å². The number of amides is 1. The van der Waals surface area contributed by atoms with E-state index >= 15 is 0 Å². The molecule has 0 bridgehead atoms. The van der Waals surface area contributed by atoms with Crippen molar-refractivity contribution in [3.8, 4) is 5.75 Å². The number of aromatic nitrogens is 1. The lowest BCUT2D eigenvalue weighted by Crippen LogP contribution is -2.29. The highest BCUT2D eigenvalue weighted by Crippen LogP contribution is 2.21. The highest BCUT2D eigenvalue weighted by atomic mass is 32.1. The molecule has 4 nitrogen and oxygen atoms in total. The summed E-state index contributed by atoms with van der Waals surface area (Å²) in [5.41, 5.74) is 1.50. The van der Waals surface area contributed by atoms with Gasteiger partial charge >= 0.3 is 0 Å². The molecule has 1 amide bonds. The van der Waals surface area contributed by atoms with Gasteiger partial charge in [0.2, 0.25) is 0 Å². The quantitative estimate of drug-likeness (QED) is 0.765. The van der Waals surface area contributed by atoms with E-state index in [-0.39, 0.29) is 11.7 Å². The first kappa shape index (κ1) is 16.2. The molecule has 0 saturated carbocycles. The van der Waals surface area contributed by atoms with Gasteiger partial charge in [0.25, 0.3) is 5.91 Å². The minimum Gasteiger partial charge on any atom is -0.508 e. The summed E-state index contributed by atoms with van der Waals surface area (Å²) in [7, 11) is 0. The molecular weight excluding hydrogens is 320 g/mol. The van der Waals surface area contributed by atoms with Gasteiger partial charge in [-0.15, -0.1) is 11.3 Å². The van der Waals surface area contributed by atoms with Gasteiger partial charge in [-0.25, -0.2) is 0 Å². The number of phenols is 1. The number of carbonyl (C=O) groups is 1. The van der Waals surface area contributed by atoms with Crippen molar-refractivity contribution in [2.75, 3.05) is 0 Å². The molecule has 0 saturated heterocycles. The number of rotatable bonds is 5. The lowest BCUT2D eigenvalue weighted by Gasteiger charge is -2.22. The first-order valence-electron chi connectivity index (χ1n) is 7.64. The molecule has 2 heterocycles. The van der Waals surface area contributed by atoms with Crippen LogP contribution in [-0.4, -0.2) is 20.9 Å². The van der Waals surface area contributed by atoms with Crippen LogP contribution in [0, 0.1) is 6.92 Å². The third kappa shape index (κ3) is 4.00. The zero-order valence-electron chi connectivity index (χ0n) is 13.3. The molecule has 2 aromatic heterocycles. The standard InChI is InChI=1S/C19H18N2O2S/c1-14-5-6-18(24-14)13-21(12-15-7-9-20-10-8-15)19(23)16-3-2-4-17(22)11-16/h2-11,22H,12-13H2,1H3. The predicted octanol–water partition coefficient (Wildman–Crippen LogP) is 4.00. The van der Waals surface area contributed by atoms with Gasteiger partial charge in [-0.1, -0.05) is 6.07 Å². The Balaban J connectivity index is 1.87. The van der Waals surface area contributed by atoms with E-state index in [1.165, 1.54) is 10.9 Å². The number of carbonyl (C=O) groups excluding carboxylic acids is 1. The van der Waals surface area contributed by atoms with Gasteiger partial charge in [0.1, 0.15) is 5.75 Å². The highest BCUT2D eigenvalue weighted by molar-refractivity contribution is 7.11. The van der Waals surface area contributed by atoms with Crippen molar-refractivity contribution < 1.29 is 9.90 Å². The number of aromatic hydroxyl groups is 1. The Morgan fingerprint density at radius 1 is 1.12 bits per heavy atom. The molecule has 1 aromatic carbocycles. The summed E-state index contributed by atoms with van der Waals surface area (Å²) in [6, 6.07) is 14.4. The van der Waals surface area contributed by atoms with Gasteiger partial charge in [0.05, 0.1) is 6.54 Å². The van der Waals surface area contributed by atoms with E-state index in [1.807, 2.05) is 12.1 Å². The van der Waals surface area contributed by atoms with Crippen LogP contribution >= 0.6 is 11.3 Å². The van der Waals surface area contributed by atoms with Crippen molar-refractivity contribution >= 4 is 17.2 Å². The van der Waals surface area contributed by atoms with Crippen LogP contribution in [0.15, 0.2) is 60.9 Å². The van der Waals surface area contributed by atoms with E-state index in [4.69, 9.17) is 0 Å². The summed E-state index contributed by atoms with van der Waals surface area (Å²) in [6.45, 7) is 3.09. The van der Waals surface area contributed by atoms with Crippen molar-refractivity contribution in [2.45, 2.75) is 20.0 Å². The summed E-state index contributed by atoms with van der Waals surface area (Å²) in [5.74, 6) is -0.00885. The largest absolute Gasteiger partial charge is 0.508 e. The molecule has 3 aromatic rings. The molecule has 0 spiro atoms. The predicted molar refractivity (Wildman–Crippen MR) is 95.0 cm³/mol. The monoisotopic (exact) mass is 338 g/mol. The fourth-order valence-corrected chi connectivity index (χ4v) is 3.39. The van der Waals surface area contributed by atoms with E-state index < -0.39 is 0 Å². The van der Waals surface area contributed by atoms with Crippen LogP contribution in [0.1, 0.15) is 25.7 Å². The molecule has 3 rings (SSSR count). The summed E-state index contributed by atoms with van der Waals surface area (Å²) in [4.78, 5) is 21.1. The summed E-state index contributed by atoms with van der Waals surface area (Å²) in [5, 5.41) is 9.65. The number of thiophene rings is 1. The molecule has 0 aliphatic heterocycles. The van der Waals surface area contributed by atoms with Gasteiger partial charge in [-0.3, -0.25) is 9.78 Å². The van der Waals surface area contributed by atoms with Gasteiger partial charge < -0.3 is 10.0 Å². The lowest BCUT2D eigenvalue weighted by atomic mass is 10.1. The second-order valence-electron chi connectivity index (χ2n) is 5.58. The van der Waals surface area contributed by atoms with Crippen molar-refractivity contribution in [1.82, 2.24) is 9.88 Å². The highest BCUT2D eigenvalue weighted by Gasteiger charge is 2.18. The third-order valence-electron chi connectivity index (χ3n) is 3.65. The average molecular weight is 338 g/mol. The van der Waals surface area contributed by atoms with E-state index in [9.17, 15) is 9.90 Å². The maximum atomic E-state index is 12.9. The SMILES string of the molecule is Cc1ccc(CN(Cc2ccncc2)C(=O)c2cccc(O)c2)s1. The van der Waals surface area contributed by atoms with Gasteiger partial charge in [0.15, 0.2) is 0 Å². The zero-order chi connectivity index (χ0) is 16.9. The summed E-state index contributed by atoms with van der Waals surface area (Å²) < 4.78 is 0. The van der Waals surface area contributed by atoms with Crippen molar-refractivity contribution in [2.24, 2.45) is 0 Å². The molecule has 0 unspecified atom stereocenters. The Morgan fingerprint density at radius 3 is 2.58 bits per heavy atom. The van der Waals surface area contributed by atoms with Crippen LogP contribution in [0.2, 0.25) is 0 Å². The van der Waals surface area contributed by atoms with E-state index in [0.717, 1.165) is 10.4 Å². The fourth-order valence-electron chi connectivity index (χ4n) is 2.49. The van der Waals surface area contributed by atoms with Gasteiger partial charge in [-0.05, 0) is 55.0 Å². The molecule has 1 N–H and O–H groups in total. The number of hydrogen-bond donors (Lipinski definition) is 1. The first-order chi connectivity index (χ1) is 11.6. The maximum absolute atomic E-state index is 12.9. The Hall–Kier alpha value is -2.66.